The van der Waals surface area contributed by atoms with Crippen LogP contribution in [0.15, 0.2) is 85.2 Å². The Morgan fingerprint density at radius 1 is 0.614 bits per heavy atom. The topological polar surface area (TPSA) is 368 Å². The van der Waals surface area contributed by atoms with Crippen LogP contribution < -0.4 is 60.1 Å². The number of para-hydroxylation sites is 1. The van der Waals surface area contributed by atoms with E-state index in [1.807, 2.05) is 80.6 Å². The zero-order valence-electron chi connectivity index (χ0n) is 50.1. The van der Waals surface area contributed by atoms with E-state index in [-0.39, 0.29) is 60.4 Å². The number of hydrogen-bond acceptors (Lipinski definition) is 19. The van der Waals surface area contributed by atoms with Crippen LogP contribution >= 0.6 is 0 Å². The molecule has 30 heteroatoms. The van der Waals surface area contributed by atoms with Crippen LogP contribution in [0, 0.1) is 13.8 Å². The van der Waals surface area contributed by atoms with E-state index in [2.05, 4.69) is 56.8 Å². The van der Waals surface area contributed by atoms with Gasteiger partial charge in [0, 0.05) is 49.1 Å². The van der Waals surface area contributed by atoms with Crippen LogP contribution in [0.3, 0.4) is 0 Å². The van der Waals surface area contributed by atoms with Gasteiger partial charge >= 0.3 is 18.2 Å². The van der Waals surface area contributed by atoms with Crippen molar-refractivity contribution in [2.75, 3.05) is 16.0 Å². The molecule has 6 aromatic rings. The number of carbonyl (C=O) groups excluding carboxylic acids is 4. The number of hydrogen-bond donors (Lipinski definition) is 10. The molecule has 4 amide bonds. The van der Waals surface area contributed by atoms with Gasteiger partial charge in [0.25, 0.3) is 29.6 Å². The number of carbonyl (C=O) groups is 4. The van der Waals surface area contributed by atoms with Gasteiger partial charge in [0.05, 0.1) is 24.2 Å². The molecule has 0 unspecified atom stereocenters. The minimum atomic E-state index is -3.14. The third-order valence-corrected chi connectivity index (χ3v) is 13.7. The van der Waals surface area contributed by atoms with Crippen LogP contribution in [-0.4, -0.2) is 124 Å². The lowest BCUT2D eigenvalue weighted by Crippen LogP contribution is -2.62. The van der Waals surface area contributed by atoms with Crippen molar-refractivity contribution in [1.82, 2.24) is 45.7 Å². The zero-order valence-corrected chi connectivity index (χ0v) is 50.1. The minimum absolute atomic E-state index is 0.00851. The molecule has 3 aromatic heterocycles. The van der Waals surface area contributed by atoms with E-state index in [1.165, 1.54) is 17.2 Å². The minimum Gasteiger partial charge on any atom is -0.444 e. The third kappa shape index (κ3) is 20.0. The van der Waals surface area contributed by atoms with Crippen molar-refractivity contribution >= 4 is 64.0 Å². The number of alkyl halides is 6. The Labute approximate surface area is 504 Å². The standard InChI is InChI=1S/C18H22F2N6O.C18H15N7O2.C16H28F2N2O4.C6H12F2N2/c1-10-4-2-5-11(8-10)24-16-12(15(22)27)9-23-17(26-16)25-13-6-3-7-18(19,20)14(13)21;1-11-5-4-6-12(9-11)21-17-13(16(19)26)10-20-18(22-17)27-25-15-8-3-2-7-14(15)23-24-25;1-14(2,3)23-12(21)19-10-8-7-9-16(17,18)11(10)20-13(22)24-15(4,5)6;7-6(8)3-1-2-4(9)5(6)10/h2,4-5,8-9,13-14H,3,6-7,21H2,1H3,(H2,22,27)(H2,23,24,25,26);2-10H,1H3,(H2,19,26)(H,20,21,22);10-11H,7-9H2,1-6H3,(H,19,21)(H,20,22);4-5H,1-3,9-10H2/t13-,14-;;10-,11-;4-,5-/m1.11/s1. The molecule has 0 bridgehead atoms. The lowest BCUT2D eigenvalue weighted by Gasteiger charge is -2.38. The summed E-state index contributed by atoms with van der Waals surface area (Å²) in [7, 11) is 0. The summed E-state index contributed by atoms with van der Waals surface area (Å²) in [4.78, 5) is 70.5. The van der Waals surface area contributed by atoms with E-state index < -0.39 is 89.2 Å². The van der Waals surface area contributed by atoms with Gasteiger partial charge in [0.2, 0.25) is 5.95 Å². The molecule has 3 aromatic carbocycles. The molecule has 9 rings (SSSR count). The number of fused-ring (bicyclic) bond motifs is 1. The summed E-state index contributed by atoms with van der Waals surface area (Å²) in [6.07, 6.45) is 2.64. The lowest BCUT2D eigenvalue weighted by molar-refractivity contribution is -0.0764. The van der Waals surface area contributed by atoms with Gasteiger partial charge < -0.3 is 69.6 Å². The predicted molar refractivity (Wildman–Crippen MR) is 318 cm³/mol. The van der Waals surface area contributed by atoms with Crippen molar-refractivity contribution in [3.8, 4) is 6.01 Å². The number of amides is 4. The number of nitrogens with one attached hydrogen (secondary N) is 5. The average molecular weight is 1240 g/mol. The first-order chi connectivity index (χ1) is 41.1. The van der Waals surface area contributed by atoms with E-state index in [1.54, 1.807) is 47.6 Å². The number of rotatable bonds is 12. The van der Waals surface area contributed by atoms with Crippen LogP contribution in [-0.2, 0) is 9.47 Å². The third-order valence-electron chi connectivity index (χ3n) is 13.7. The molecule has 3 fully saturated rings. The number of ether oxygens (including phenoxy) is 2. The fraction of sp³-hybridized carbons (Fsp3) is 0.483. The number of nitrogens with zero attached hydrogens (tertiary/aromatic N) is 7. The predicted octanol–water partition coefficient (Wildman–Crippen LogP) is 8.82. The maximum Gasteiger partial charge on any atom is 0.408 e. The Hall–Kier alpha value is -8.64. The summed E-state index contributed by atoms with van der Waals surface area (Å²) >= 11 is 0. The second-order valence-electron chi connectivity index (χ2n) is 23.4. The van der Waals surface area contributed by atoms with Crippen LogP contribution in [0.5, 0.6) is 6.01 Å². The Kier molecular flexibility index (Phi) is 22.5. The Bertz CT molecular complexity index is 3370. The van der Waals surface area contributed by atoms with E-state index in [0.29, 0.717) is 48.8 Å². The van der Waals surface area contributed by atoms with Crippen molar-refractivity contribution in [1.29, 1.82) is 0 Å². The Morgan fingerprint density at radius 2 is 1.11 bits per heavy atom. The van der Waals surface area contributed by atoms with E-state index in [9.17, 15) is 45.5 Å². The number of benzene rings is 3. The molecular weight excluding hydrogens is 1160 g/mol. The summed E-state index contributed by atoms with van der Waals surface area (Å²) in [5.41, 5.74) is 30.6. The van der Waals surface area contributed by atoms with Gasteiger partial charge in [-0.2, -0.15) is 9.97 Å². The van der Waals surface area contributed by atoms with Crippen LogP contribution in [0.4, 0.5) is 64.9 Å². The summed E-state index contributed by atoms with van der Waals surface area (Å²) in [6, 6.07) is 16.2. The highest BCUT2D eigenvalue weighted by atomic mass is 19.3. The number of primary amides is 2. The van der Waals surface area contributed by atoms with Gasteiger partial charge in [-0.05, 0) is 147 Å². The van der Waals surface area contributed by atoms with Crippen LogP contribution in [0.25, 0.3) is 11.0 Å². The highest BCUT2D eigenvalue weighted by molar-refractivity contribution is 5.98. The van der Waals surface area contributed by atoms with Crippen molar-refractivity contribution in [2.45, 2.75) is 178 Å². The SMILES string of the molecule is CC(C)(C)OC(=O)N[C@@H]1[C@H](NC(=O)OC(C)(C)C)CCCC1(F)F.Cc1cccc(Nc2nc(N[C@@H]3CCCC(F)(F)[C@@H]3N)ncc2C(N)=O)c1.Cc1cccc(Nc2nc(On3nnc4ccccc43)ncc2C(N)=O)c1.N[C@@H]1CCCC(F)(F)[C@@H]1N. The largest absolute Gasteiger partial charge is 0.444 e. The highest BCUT2D eigenvalue weighted by Crippen LogP contribution is 2.36. The molecule has 6 atom stereocenters. The number of nitrogens with two attached hydrogens (primary N) is 5. The number of aromatic nitrogens is 7. The zero-order chi connectivity index (χ0) is 64.9. The highest BCUT2D eigenvalue weighted by Gasteiger charge is 2.50. The van der Waals surface area contributed by atoms with Gasteiger partial charge in [0.15, 0.2) is 5.82 Å². The molecular formula is C58H77F6N17O7. The number of halogens is 6. The molecule has 88 heavy (non-hydrogen) atoms. The van der Waals surface area contributed by atoms with Crippen molar-refractivity contribution in [3.05, 3.63) is 107 Å². The number of alkyl carbamates (subject to hydrolysis) is 2. The number of anilines is 5. The fourth-order valence-corrected chi connectivity index (χ4v) is 9.31. The van der Waals surface area contributed by atoms with E-state index in [4.69, 9.17) is 43.0 Å². The first-order valence-electron chi connectivity index (χ1n) is 28.3. The maximum absolute atomic E-state index is 14.2. The maximum atomic E-state index is 14.2. The van der Waals surface area contributed by atoms with Gasteiger partial charge in [-0.3, -0.25) is 9.59 Å². The summed E-state index contributed by atoms with van der Waals surface area (Å²) in [5, 5.41) is 21.5. The van der Waals surface area contributed by atoms with Crippen molar-refractivity contribution in [3.63, 3.8) is 0 Å². The second-order valence-corrected chi connectivity index (χ2v) is 23.4. The van der Waals surface area contributed by atoms with E-state index in [0.717, 1.165) is 16.8 Å². The van der Waals surface area contributed by atoms with Gasteiger partial charge in [-0.25, -0.2) is 45.9 Å². The summed E-state index contributed by atoms with van der Waals surface area (Å²) in [5.74, 6) is -9.63. The Balaban J connectivity index is 0.000000195. The molecule has 24 nitrogen and oxygen atoms in total. The van der Waals surface area contributed by atoms with Gasteiger partial charge in [-0.1, -0.05) is 41.2 Å². The van der Waals surface area contributed by atoms with Crippen LogP contribution in [0.2, 0.25) is 0 Å². The first-order valence-corrected chi connectivity index (χ1v) is 28.3. The monoisotopic (exact) mass is 1240 g/mol. The summed E-state index contributed by atoms with van der Waals surface area (Å²) in [6.45, 7) is 13.9. The van der Waals surface area contributed by atoms with Crippen LogP contribution in [0.1, 0.15) is 131 Å². The molecule has 15 N–H and O–H groups in total. The van der Waals surface area contributed by atoms with Crippen molar-refractivity contribution in [2.24, 2.45) is 28.7 Å². The molecule has 3 aliphatic carbocycles. The molecule has 0 spiro atoms. The smallest absolute Gasteiger partial charge is 0.408 e. The van der Waals surface area contributed by atoms with Gasteiger partial charge in [0.1, 0.15) is 45.2 Å². The molecule has 3 saturated carbocycles. The van der Waals surface area contributed by atoms with Gasteiger partial charge in [-0.15, -0.1) is 5.10 Å². The van der Waals surface area contributed by atoms with Crippen molar-refractivity contribution < 1.29 is 59.8 Å². The average Bonchev–Trinajstić information content (AvgIpc) is 1.45. The molecule has 0 saturated heterocycles. The fourth-order valence-electron chi connectivity index (χ4n) is 9.31. The molecule has 3 heterocycles. The number of aryl methyl sites for hydroxylation is 2. The molecule has 3 aliphatic rings. The summed E-state index contributed by atoms with van der Waals surface area (Å²) < 4.78 is 91.6. The lowest BCUT2D eigenvalue weighted by atomic mass is 9.87. The normalized spacial score (nSPS) is 20.9. The quantitative estimate of drug-likeness (QED) is 0.0511. The molecule has 0 radical (unpaired) electrons. The molecule has 0 aliphatic heterocycles. The first kappa shape index (κ1) is 68.5. The Morgan fingerprint density at radius 3 is 1.65 bits per heavy atom. The molecule has 478 valence electrons. The van der Waals surface area contributed by atoms with E-state index >= 15 is 0 Å². The second kappa shape index (κ2) is 28.9.